The van der Waals surface area contributed by atoms with Gasteiger partial charge in [-0.15, -0.1) is 0 Å². The number of halogens is 1. The van der Waals surface area contributed by atoms with Crippen LogP contribution in [0.25, 0.3) is 0 Å². The van der Waals surface area contributed by atoms with Crippen molar-refractivity contribution in [2.75, 3.05) is 13.1 Å². The second-order valence-electron chi connectivity index (χ2n) is 15.5. The maximum absolute atomic E-state index is 14.3. The maximum Gasteiger partial charge on any atom is 0.410 e. The van der Waals surface area contributed by atoms with E-state index in [1.54, 1.807) is 26.8 Å². The largest absolute Gasteiger partial charge is 0.444 e. The highest BCUT2D eigenvalue weighted by Crippen LogP contribution is 2.46. The van der Waals surface area contributed by atoms with E-state index in [0.29, 0.717) is 43.7 Å². The molecule has 0 radical (unpaired) electrons. The van der Waals surface area contributed by atoms with Gasteiger partial charge in [0.25, 0.3) is 5.91 Å². The number of nitrogens with zero attached hydrogens (tertiary/aromatic N) is 2. The van der Waals surface area contributed by atoms with Crippen LogP contribution in [0.2, 0.25) is 5.02 Å². The zero-order valence-electron chi connectivity index (χ0n) is 29.8. The standard InChI is InChI=1S/C36H48ClN5O9S/c1-35(2,3)51-33(46)38-28-13-8-6-4-5-7-11-23-19-36(23,32(45)40-52(48,49)25-14-15-25)39-30(43)29-18-24(20-42(29)31(28)44)50-34(47)41-17-16-22-10-9-12-27(37)26(22)21-41/h7,9-12,23-25,28-29H,4-6,8,13-21H2,1-3H3,(H,38,46)(H,39,43)(H,40,45)/t23-,24-,28-,29+,36-/m1/s1. The molecule has 16 heteroatoms. The summed E-state index contributed by atoms with van der Waals surface area (Å²) in [5.74, 6) is -2.52. The molecule has 0 aromatic heterocycles. The number of sulfonamides is 1. The Balaban J connectivity index is 1.25. The van der Waals surface area contributed by atoms with Crippen LogP contribution in [0, 0.1) is 5.92 Å². The van der Waals surface area contributed by atoms with E-state index in [-0.39, 0.29) is 32.4 Å². The van der Waals surface area contributed by atoms with Gasteiger partial charge in [0.05, 0.1) is 18.3 Å². The quantitative estimate of drug-likeness (QED) is 0.377. The lowest BCUT2D eigenvalue weighted by Crippen LogP contribution is -2.58. The zero-order valence-corrected chi connectivity index (χ0v) is 31.4. The SMILES string of the molecule is CC(C)(C)OC(=O)N[C@@H]1CCCCCC=C[C@@H]2C[C@@]2(C(=O)NS(=O)(=O)C2CC2)NC(=O)[C@@H]2C[C@@H](OC(=O)N3CCc4cccc(Cl)c4C3)CN2C1=O. The number of hydrogen-bond donors (Lipinski definition) is 3. The van der Waals surface area contributed by atoms with E-state index < -0.39 is 80.4 Å². The number of carbonyl (C=O) groups excluding carboxylic acids is 5. The van der Waals surface area contributed by atoms with Crippen molar-refractivity contribution in [2.45, 2.75) is 126 Å². The number of rotatable bonds is 5. The fraction of sp³-hybridized carbons (Fsp3) is 0.639. The van der Waals surface area contributed by atoms with E-state index >= 15 is 0 Å². The molecule has 2 saturated carbocycles. The third-order valence-corrected chi connectivity index (χ3v) is 12.4. The lowest BCUT2D eigenvalue weighted by Gasteiger charge is -2.30. The molecule has 1 aromatic carbocycles. The van der Waals surface area contributed by atoms with Gasteiger partial charge in [-0.3, -0.25) is 19.1 Å². The van der Waals surface area contributed by atoms with Gasteiger partial charge in [0.15, 0.2) is 0 Å². The summed E-state index contributed by atoms with van der Waals surface area (Å²) in [6, 6.07) is 3.35. The number of alkyl carbamates (subject to hydrolysis) is 1. The Morgan fingerprint density at radius 2 is 1.85 bits per heavy atom. The topological polar surface area (TPSA) is 181 Å². The Labute approximate surface area is 309 Å². The summed E-state index contributed by atoms with van der Waals surface area (Å²) in [7, 11) is -3.91. The third kappa shape index (κ3) is 8.67. The summed E-state index contributed by atoms with van der Waals surface area (Å²) in [6.07, 6.45) is 6.12. The Morgan fingerprint density at radius 1 is 1.08 bits per heavy atom. The van der Waals surface area contributed by atoms with Crippen LogP contribution in [0.15, 0.2) is 30.4 Å². The molecule has 1 saturated heterocycles. The van der Waals surface area contributed by atoms with Crippen molar-refractivity contribution in [3.63, 3.8) is 0 Å². The predicted molar refractivity (Wildman–Crippen MR) is 190 cm³/mol. The zero-order chi connectivity index (χ0) is 37.4. The fourth-order valence-electron chi connectivity index (χ4n) is 7.21. The lowest BCUT2D eigenvalue weighted by atomic mass is 10.0. The first-order valence-electron chi connectivity index (χ1n) is 18.1. The van der Waals surface area contributed by atoms with Gasteiger partial charge in [-0.25, -0.2) is 18.0 Å². The van der Waals surface area contributed by atoms with Crippen LogP contribution < -0.4 is 15.4 Å². The van der Waals surface area contributed by atoms with E-state index in [4.69, 9.17) is 21.1 Å². The molecule has 3 aliphatic heterocycles. The van der Waals surface area contributed by atoms with E-state index in [1.807, 2.05) is 24.3 Å². The van der Waals surface area contributed by atoms with Crippen molar-refractivity contribution in [1.29, 1.82) is 0 Å². The Kier molecular flexibility index (Phi) is 10.8. The highest BCUT2D eigenvalue weighted by atomic mass is 35.5. The van der Waals surface area contributed by atoms with Crippen LogP contribution in [-0.4, -0.2) is 95.8 Å². The van der Waals surface area contributed by atoms with Crippen molar-refractivity contribution in [3.8, 4) is 0 Å². The van der Waals surface area contributed by atoms with Gasteiger partial charge in [-0.05, 0) is 82.9 Å². The van der Waals surface area contributed by atoms with E-state index in [1.165, 1.54) is 9.80 Å². The Bertz CT molecular complexity index is 1740. The molecule has 6 rings (SSSR count). The van der Waals surface area contributed by atoms with Gasteiger partial charge in [-0.1, -0.05) is 48.7 Å². The second-order valence-corrected chi connectivity index (χ2v) is 17.9. The smallest absolute Gasteiger partial charge is 0.410 e. The fourth-order valence-corrected chi connectivity index (χ4v) is 8.83. The molecule has 0 spiro atoms. The number of hydrogen-bond acceptors (Lipinski definition) is 9. The van der Waals surface area contributed by atoms with Crippen LogP contribution in [0.1, 0.15) is 89.7 Å². The molecule has 5 amide bonds. The minimum absolute atomic E-state index is 0.0772. The van der Waals surface area contributed by atoms with E-state index in [2.05, 4.69) is 15.4 Å². The predicted octanol–water partition coefficient (Wildman–Crippen LogP) is 3.70. The number of allylic oxidation sites excluding steroid dienone is 1. The van der Waals surface area contributed by atoms with Crippen molar-refractivity contribution in [1.82, 2.24) is 25.2 Å². The minimum Gasteiger partial charge on any atom is -0.444 e. The molecule has 5 atom stereocenters. The molecule has 0 unspecified atom stereocenters. The first kappa shape index (κ1) is 37.9. The van der Waals surface area contributed by atoms with Crippen LogP contribution >= 0.6 is 11.6 Å². The number of benzene rings is 1. The first-order valence-corrected chi connectivity index (χ1v) is 20.1. The Morgan fingerprint density at radius 3 is 2.58 bits per heavy atom. The van der Waals surface area contributed by atoms with Gasteiger partial charge < -0.3 is 29.9 Å². The van der Waals surface area contributed by atoms with Crippen LogP contribution in [-0.2, 0) is 46.8 Å². The van der Waals surface area contributed by atoms with E-state index in [9.17, 15) is 32.4 Å². The normalized spacial score (nSPS) is 28.2. The molecule has 3 fully saturated rings. The van der Waals surface area contributed by atoms with Crippen molar-refractivity contribution >= 4 is 51.5 Å². The highest BCUT2D eigenvalue weighted by Gasteiger charge is 2.62. The average Bonchev–Trinajstić information content (AvgIpc) is 3.99. The molecule has 0 bridgehead atoms. The molecule has 14 nitrogen and oxygen atoms in total. The van der Waals surface area contributed by atoms with Crippen LogP contribution in [0.5, 0.6) is 0 Å². The molecular weight excluding hydrogens is 714 g/mol. The summed E-state index contributed by atoms with van der Waals surface area (Å²) in [4.78, 5) is 71.4. The monoisotopic (exact) mass is 761 g/mol. The van der Waals surface area contributed by atoms with E-state index in [0.717, 1.165) is 24.0 Å². The van der Waals surface area contributed by atoms with Crippen LogP contribution in [0.4, 0.5) is 9.59 Å². The summed E-state index contributed by atoms with van der Waals surface area (Å²) in [6.45, 7) is 5.62. The average molecular weight is 762 g/mol. The highest BCUT2D eigenvalue weighted by molar-refractivity contribution is 7.91. The molecular formula is C36H48ClN5O9S. The molecule has 1 aromatic rings. The van der Waals surface area contributed by atoms with Crippen molar-refractivity contribution in [2.24, 2.45) is 5.92 Å². The summed E-state index contributed by atoms with van der Waals surface area (Å²) >= 11 is 6.42. The summed E-state index contributed by atoms with van der Waals surface area (Å²) < 4.78 is 39.1. The maximum atomic E-state index is 14.3. The van der Waals surface area contributed by atoms with Gasteiger partial charge in [0, 0.05) is 23.9 Å². The molecule has 2 aliphatic carbocycles. The number of nitrogens with one attached hydrogen (secondary N) is 3. The van der Waals surface area contributed by atoms with Gasteiger partial charge in [-0.2, -0.15) is 0 Å². The van der Waals surface area contributed by atoms with Gasteiger partial charge >= 0.3 is 12.2 Å². The molecule has 284 valence electrons. The van der Waals surface area contributed by atoms with Gasteiger partial charge in [0.1, 0.15) is 29.3 Å². The van der Waals surface area contributed by atoms with Gasteiger partial charge in [0.2, 0.25) is 21.8 Å². The Hall–Kier alpha value is -3.85. The van der Waals surface area contributed by atoms with Crippen molar-refractivity contribution in [3.05, 3.63) is 46.5 Å². The summed E-state index contributed by atoms with van der Waals surface area (Å²) in [5.41, 5.74) is -0.479. The minimum atomic E-state index is -3.91. The molecule has 3 heterocycles. The first-order chi connectivity index (χ1) is 24.6. The van der Waals surface area contributed by atoms with Crippen LogP contribution in [0.3, 0.4) is 0 Å². The molecule has 52 heavy (non-hydrogen) atoms. The second kappa shape index (κ2) is 14.9. The molecule has 5 aliphatic rings. The summed E-state index contributed by atoms with van der Waals surface area (Å²) in [5, 5.41) is 5.41. The molecule has 3 N–H and O–H groups in total. The number of ether oxygens (including phenoxy) is 2. The lowest BCUT2D eigenvalue weighted by molar-refractivity contribution is -0.141. The number of fused-ring (bicyclic) bond motifs is 3. The number of carbonyl (C=O) groups is 5. The third-order valence-electron chi connectivity index (χ3n) is 10.3. The van der Waals surface area contributed by atoms with Crippen molar-refractivity contribution < 1.29 is 41.9 Å². The number of amides is 5.